The van der Waals surface area contributed by atoms with Crippen LogP contribution in [0.2, 0.25) is 5.02 Å². The fourth-order valence-electron chi connectivity index (χ4n) is 3.67. The molecule has 7 nitrogen and oxygen atoms in total. The van der Waals surface area contributed by atoms with Gasteiger partial charge in [-0.3, -0.25) is 14.7 Å². The van der Waals surface area contributed by atoms with Gasteiger partial charge in [0.1, 0.15) is 17.9 Å². The number of aliphatic carboxylic acids is 1. The molecule has 0 saturated carbocycles. The van der Waals surface area contributed by atoms with E-state index in [0.717, 1.165) is 11.3 Å². The van der Waals surface area contributed by atoms with Gasteiger partial charge in [0.2, 0.25) is 0 Å². The molecule has 0 radical (unpaired) electrons. The summed E-state index contributed by atoms with van der Waals surface area (Å²) in [7, 11) is 0. The first-order valence-electron chi connectivity index (χ1n) is 9.72. The van der Waals surface area contributed by atoms with Crippen LogP contribution in [0.5, 0.6) is 0 Å². The van der Waals surface area contributed by atoms with Gasteiger partial charge in [0.05, 0.1) is 13.2 Å². The Morgan fingerprint density at radius 1 is 1.50 bits per heavy atom. The summed E-state index contributed by atoms with van der Waals surface area (Å²) >= 11 is 11.2. The third-order valence-electron chi connectivity index (χ3n) is 5.19. The summed E-state index contributed by atoms with van der Waals surface area (Å²) in [5, 5.41) is 15.8. The Morgan fingerprint density at radius 2 is 2.34 bits per heavy atom. The number of aromatic nitrogens is 1. The minimum atomic E-state index is -0.939. The van der Waals surface area contributed by atoms with E-state index in [1.54, 1.807) is 17.2 Å². The van der Waals surface area contributed by atoms with Gasteiger partial charge >= 0.3 is 5.97 Å². The lowest BCUT2D eigenvalue weighted by molar-refractivity contribution is -0.149. The predicted molar refractivity (Wildman–Crippen MR) is 125 cm³/mol. The maximum Gasteiger partial charge on any atom is 0.323 e. The lowest BCUT2D eigenvalue weighted by Gasteiger charge is -2.35. The number of morpholine rings is 1. The van der Waals surface area contributed by atoms with Crippen LogP contribution in [-0.2, 0) is 9.53 Å². The van der Waals surface area contributed by atoms with Gasteiger partial charge in [-0.05, 0) is 28.8 Å². The molecular formula is C21H19BrClFN4O3S. The van der Waals surface area contributed by atoms with Crippen LogP contribution in [0.1, 0.15) is 16.6 Å². The molecule has 3 heterocycles. The molecule has 1 aromatic heterocycles. The van der Waals surface area contributed by atoms with E-state index in [2.05, 4.69) is 26.2 Å². The molecule has 0 bridgehead atoms. The number of carbonyl (C=O) groups is 1. The normalized spacial score (nSPS) is 22.2. The highest BCUT2D eigenvalue weighted by molar-refractivity contribution is 9.11. The number of rotatable bonds is 6. The third-order valence-corrected chi connectivity index (χ3v) is 6.56. The molecule has 2 aliphatic rings. The van der Waals surface area contributed by atoms with Gasteiger partial charge in [-0.2, -0.15) is 0 Å². The number of nitrogens with one attached hydrogen (secondary N) is 1. The molecule has 0 spiro atoms. The first-order valence-corrected chi connectivity index (χ1v) is 11.9. The van der Waals surface area contributed by atoms with Crippen molar-refractivity contribution in [1.82, 2.24) is 15.2 Å². The summed E-state index contributed by atoms with van der Waals surface area (Å²) in [4.78, 5) is 24.5. The minimum Gasteiger partial charge on any atom is -0.480 e. The van der Waals surface area contributed by atoms with Crippen molar-refractivity contribution in [2.75, 3.05) is 26.3 Å². The van der Waals surface area contributed by atoms with E-state index in [9.17, 15) is 14.3 Å². The molecule has 11 heteroatoms. The Morgan fingerprint density at radius 3 is 3.03 bits per heavy atom. The molecule has 1 aromatic carbocycles. The molecule has 0 amide bonds. The number of hydrogen-bond donors (Lipinski definition) is 2. The van der Waals surface area contributed by atoms with Gasteiger partial charge in [-0.25, -0.2) is 9.37 Å². The molecule has 2 aliphatic heterocycles. The van der Waals surface area contributed by atoms with Gasteiger partial charge in [-0.15, -0.1) is 11.3 Å². The van der Waals surface area contributed by atoms with Crippen molar-refractivity contribution in [3.63, 3.8) is 0 Å². The molecular weight excluding hydrogens is 523 g/mol. The molecule has 2 aromatic rings. The van der Waals surface area contributed by atoms with Crippen LogP contribution in [0.15, 0.2) is 57.1 Å². The number of hydrogen-bond acceptors (Lipinski definition) is 7. The molecule has 168 valence electrons. The number of benzene rings is 1. The van der Waals surface area contributed by atoms with Crippen LogP contribution in [0.4, 0.5) is 4.39 Å². The minimum absolute atomic E-state index is 0.118. The predicted octanol–water partition coefficient (Wildman–Crippen LogP) is 3.97. The molecule has 2 atom stereocenters. The number of nitrogens with zero attached hydrogens (tertiary/aromatic N) is 3. The number of aliphatic imine (C=N–C) groups is 1. The van der Waals surface area contributed by atoms with Gasteiger partial charge in [0, 0.05) is 41.0 Å². The van der Waals surface area contributed by atoms with Gasteiger partial charge in [0.15, 0.2) is 10.8 Å². The Hall–Kier alpha value is -2.11. The molecule has 32 heavy (non-hydrogen) atoms. The monoisotopic (exact) mass is 540 g/mol. The van der Waals surface area contributed by atoms with Crippen molar-refractivity contribution in [2.45, 2.75) is 12.1 Å². The van der Waals surface area contributed by atoms with Crippen molar-refractivity contribution in [3.05, 3.63) is 73.5 Å². The van der Waals surface area contributed by atoms with E-state index in [-0.39, 0.29) is 11.6 Å². The summed E-state index contributed by atoms with van der Waals surface area (Å²) in [5.74, 6) is -0.825. The van der Waals surface area contributed by atoms with Gasteiger partial charge in [-0.1, -0.05) is 33.6 Å². The second-order valence-electron chi connectivity index (χ2n) is 7.13. The topological polar surface area (TPSA) is 87.1 Å². The molecule has 1 unspecified atom stereocenters. The summed E-state index contributed by atoms with van der Waals surface area (Å²) in [6.45, 7) is 1.36. The van der Waals surface area contributed by atoms with Crippen LogP contribution in [-0.4, -0.2) is 59.1 Å². The molecule has 4 rings (SSSR count). The Kier molecular flexibility index (Phi) is 7.37. The van der Waals surface area contributed by atoms with Crippen molar-refractivity contribution in [3.8, 4) is 0 Å². The lowest BCUT2D eigenvalue weighted by atomic mass is 9.95. The summed E-state index contributed by atoms with van der Waals surface area (Å²) in [5.41, 5.74) is 2.18. The first-order chi connectivity index (χ1) is 15.5. The van der Waals surface area contributed by atoms with E-state index in [0.29, 0.717) is 36.1 Å². The number of thiazole rings is 1. The van der Waals surface area contributed by atoms with Crippen LogP contribution in [0.25, 0.3) is 0 Å². The number of halogens is 3. The molecule has 2 N–H and O–H groups in total. The van der Waals surface area contributed by atoms with E-state index in [1.807, 2.05) is 16.4 Å². The molecule has 1 fully saturated rings. The average Bonchev–Trinajstić information content (AvgIpc) is 3.30. The highest BCUT2D eigenvalue weighted by atomic mass is 79.9. The van der Waals surface area contributed by atoms with Crippen molar-refractivity contribution < 1.29 is 19.0 Å². The van der Waals surface area contributed by atoms with E-state index < -0.39 is 23.9 Å². The van der Waals surface area contributed by atoms with E-state index >= 15 is 0 Å². The highest BCUT2D eigenvalue weighted by Gasteiger charge is 2.33. The zero-order valence-corrected chi connectivity index (χ0v) is 19.8. The maximum absolute atomic E-state index is 13.7. The zero-order valence-electron chi connectivity index (χ0n) is 16.7. The average molecular weight is 542 g/mol. The van der Waals surface area contributed by atoms with Crippen LogP contribution in [0.3, 0.4) is 0 Å². The van der Waals surface area contributed by atoms with Crippen LogP contribution >= 0.6 is 38.9 Å². The van der Waals surface area contributed by atoms with Gasteiger partial charge < -0.3 is 15.2 Å². The number of amidine groups is 1. The van der Waals surface area contributed by atoms with Crippen molar-refractivity contribution in [1.29, 1.82) is 0 Å². The second kappa shape index (κ2) is 10.2. The largest absolute Gasteiger partial charge is 0.480 e. The first kappa shape index (κ1) is 23.1. The second-order valence-corrected chi connectivity index (χ2v) is 8.96. The van der Waals surface area contributed by atoms with Crippen LogP contribution < -0.4 is 5.32 Å². The van der Waals surface area contributed by atoms with Crippen molar-refractivity contribution in [2.24, 2.45) is 4.99 Å². The third kappa shape index (κ3) is 4.94. The smallest absolute Gasteiger partial charge is 0.323 e. The highest BCUT2D eigenvalue weighted by Crippen LogP contribution is 2.37. The zero-order chi connectivity index (χ0) is 22.7. The summed E-state index contributed by atoms with van der Waals surface area (Å²) < 4.78 is 19.1. The summed E-state index contributed by atoms with van der Waals surface area (Å²) in [6.07, 6.45) is 3.52. The number of carboxylic acid groups (broad SMARTS) is 1. The number of carboxylic acids is 1. The molecule has 1 saturated heterocycles. The fourth-order valence-corrected chi connectivity index (χ4v) is 4.81. The van der Waals surface area contributed by atoms with Crippen molar-refractivity contribution >= 4 is 50.7 Å². The Labute approximate surface area is 201 Å². The maximum atomic E-state index is 13.7. The van der Waals surface area contributed by atoms with E-state index in [1.165, 1.54) is 23.5 Å². The lowest BCUT2D eigenvalue weighted by Crippen LogP contribution is -2.52. The van der Waals surface area contributed by atoms with Gasteiger partial charge in [0.25, 0.3) is 0 Å². The standard InChI is InChI=1S/C21H19BrClFN4O3S/c22-4-3-14-16(10-28-6-7-31-11-17(28)21(29)30)26-19(20-25-5-8-32-20)27-18(14)13-2-1-12(24)9-15(13)23/h1-5,8-9,17-18H,6-7,10-11H2,(H,26,27)(H,29,30)/b4-3+/t17-,18?/m0/s1. The quantitative estimate of drug-likeness (QED) is 0.575. The molecule has 0 aliphatic carbocycles. The summed E-state index contributed by atoms with van der Waals surface area (Å²) in [6, 6.07) is 2.93. The SMILES string of the molecule is O=C(O)[C@@H]1COCCN1CC1=C(/C=C/Br)C(c2ccc(F)cc2Cl)N=C(c2nccs2)N1. The number of ether oxygens (including phenoxy) is 1. The Bertz CT molecular complexity index is 1090. The Balaban J connectivity index is 1.79. The van der Waals surface area contributed by atoms with E-state index in [4.69, 9.17) is 21.3 Å². The fraction of sp³-hybridized carbons (Fsp3) is 0.286. The van der Waals surface area contributed by atoms with Crippen LogP contribution in [0, 0.1) is 5.82 Å².